The van der Waals surface area contributed by atoms with Gasteiger partial charge in [0.25, 0.3) is 0 Å². The van der Waals surface area contributed by atoms with Gasteiger partial charge in [0.2, 0.25) is 5.91 Å². The molecular formula is C6H7NO4. The van der Waals surface area contributed by atoms with Crippen LogP contribution >= 0.6 is 0 Å². The summed E-state index contributed by atoms with van der Waals surface area (Å²) in [5.74, 6) is -1.61. The number of hydrogen-bond acceptors (Lipinski definition) is 3. The molecule has 1 atom stereocenters. The average molecular weight is 157 g/mol. The van der Waals surface area contributed by atoms with Gasteiger partial charge in [-0.1, -0.05) is 0 Å². The smallest absolute Gasteiger partial charge is 0.323 e. The van der Waals surface area contributed by atoms with Crippen LogP contribution in [0.4, 0.5) is 0 Å². The predicted octanol–water partition coefficient (Wildman–Crippen LogP) is -1.21. The van der Waals surface area contributed by atoms with Crippen LogP contribution in [0.1, 0.15) is 0 Å². The number of carbonyl (C=O) groups is 2. The van der Waals surface area contributed by atoms with Crippen molar-refractivity contribution in [2.24, 2.45) is 0 Å². The summed E-state index contributed by atoms with van der Waals surface area (Å²) in [5.41, 5.74) is 0. The first-order valence-corrected chi connectivity index (χ1v) is 3.00. The fourth-order valence-corrected chi connectivity index (χ4v) is 0.816. The monoisotopic (exact) mass is 157 g/mol. The zero-order valence-electron chi connectivity index (χ0n) is 5.60. The Kier molecular flexibility index (Phi) is 1.91. The quantitative estimate of drug-likeness (QED) is 0.527. The Labute approximate surface area is 62.5 Å². The SMILES string of the molecule is O=C(O)CN1C(=O)C=CC1O. The number of carboxylic acids is 1. The van der Waals surface area contributed by atoms with Gasteiger partial charge in [0, 0.05) is 6.08 Å². The highest BCUT2D eigenvalue weighted by atomic mass is 16.4. The molecule has 5 nitrogen and oxygen atoms in total. The average Bonchev–Trinajstić information content (AvgIpc) is 2.18. The lowest BCUT2D eigenvalue weighted by molar-refractivity contribution is -0.146. The molecule has 11 heavy (non-hydrogen) atoms. The highest BCUT2D eigenvalue weighted by Crippen LogP contribution is 2.06. The van der Waals surface area contributed by atoms with Gasteiger partial charge in [0.05, 0.1) is 0 Å². The molecule has 2 N–H and O–H groups in total. The first kappa shape index (κ1) is 7.74. The molecule has 1 rings (SSSR count). The van der Waals surface area contributed by atoms with Crippen LogP contribution in [0.25, 0.3) is 0 Å². The van der Waals surface area contributed by atoms with Gasteiger partial charge in [0.1, 0.15) is 12.8 Å². The van der Waals surface area contributed by atoms with E-state index in [1.807, 2.05) is 0 Å². The molecule has 0 aromatic carbocycles. The van der Waals surface area contributed by atoms with E-state index in [1.165, 1.54) is 6.08 Å². The van der Waals surface area contributed by atoms with E-state index < -0.39 is 24.6 Å². The van der Waals surface area contributed by atoms with E-state index in [-0.39, 0.29) is 0 Å². The number of hydrogen-bond donors (Lipinski definition) is 2. The Morgan fingerprint density at radius 2 is 2.36 bits per heavy atom. The van der Waals surface area contributed by atoms with Crippen LogP contribution in [0.5, 0.6) is 0 Å². The maximum Gasteiger partial charge on any atom is 0.323 e. The third-order valence-electron chi connectivity index (χ3n) is 1.32. The van der Waals surface area contributed by atoms with E-state index in [0.29, 0.717) is 0 Å². The van der Waals surface area contributed by atoms with Crippen LogP contribution in [0.2, 0.25) is 0 Å². The number of amides is 1. The minimum absolute atomic E-state index is 0.465. The maximum atomic E-state index is 10.7. The van der Waals surface area contributed by atoms with Gasteiger partial charge in [-0.2, -0.15) is 0 Å². The number of carboxylic acid groups (broad SMARTS) is 1. The van der Waals surface area contributed by atoms with Gasteiger partial charge in [-0.05, 0) is 6.08 Å². The molecular weight excluding hydrogens is 150 g/mol. The Bertz CT molecular complexity index is 223. The summed E-state index contributed by atoms with van der Waals surface area (Å²) in [4.78, 5) is 21.7. The second kappa shape index (κ2) is 2.71. The van der Waals surface area contributed by atoms with Crippen LogP contribution in [-0.2, 0) is 9.59 Å². The van der Waals surface area contributed by atoms with Crippen molar-refractivity contribution in [2.45, 2.75) is 6.23 Å². The van der Waals surface area contributed by atoms with Crippen molar-refractivity contribution in [2.75, 3.05) is 6.54 Å². The molecule has 0 fully saturated rings. The Morgan fingerprint density at radius 3 is 2.73 bits per heavy atom. The molecule has 0 aliphatic carbocycles. The van der Waals surface area contributed by atoms with Crippen molar-refractivity contribution in [1.29, 1.82) is 0 Å². The van der Waals surface area contributed by atoms with Crippen molar-refractivity contribution in [3.05, 3.63) is 12.2 Å². The normalized spacial score (nSPS) is 22.8. The lowest BCUT2D eigenvalue weighted by atomic mass is 10.5. The predicted molar refractivity (Wildman–Crippen MR) is 34.5 cm³/mol. The molecule has 0 spiro atoms. The minimum Gasteiger partial charge on any atom is -0.480 e. The molecule has 1 unspecified atom stereocenters. The molecule has 0 aromatic heterocycles. The number of aliphatic hydroxyl groups is 1. The Balaban J connectivity index is 2.59. The highest BCUT2D eigenvalue weighted by Gasteiger charge is 2.25. The molecule has 1 aliphatic heterocycles. The summed E-state index contributed by atoms with van der Waals surface area (Å²) in [6.45, 7) is -0.465. The van der Waals surface area contributed by atoms with Gasteiger partial charge in [-0.25, -0.2) is 0 Å². The van der Waals surface area contributed by atoms with Crippen molar-refractivity contribution in [3.63, 3.8) is 0 Å². The third-order valence-corrected chi connectivity index (χ3v) is 1.32. The zero-order chi connectivity index (χ0) is 8.43. The molecule has 1 amide bonds. The van der Waals surface area contributed by atoms with Crippen LogP contribution in [-0.4, -0.2) is 39.8 Å². The van der Waals surface area contributed by atoms with E-state index in [2.05, 4.69) is 0 Å². The fraction of sp³-hybridized carbons (Fsp3) is 0.333. The van der Waals surface area contributed by atoms with Crippen molar-refractivity contribution in [1.82, 2.24) is 4.90 Å². The van der Waals surface area contributed by atoms with Crippen LogP contribution in [0.3, 0.4) is 0 Å². The molecule has 0 saturated carbocycles. The molecule has 0 aromatic rings. The van der Waals surface area contributed by atoms with E-state index in [0.717, 1.165) is 11.0 Å². The second-order valence-corrected chi connectivity index (χ2v) is 2.13. The van der Waals surface area contributed by atoms with E-state index in [1.54, 1.807) is 0 Å². The standard InChI is InChI=1S/C6H7NO4/c8-4-1-2-5(9)7(4)3-6(10)11/h1-2,4,8H,3H2,(H,10,11). The van der Waals surface area contributed by atoms with Gasteiger partial charge in [-0.15, -0.1) is 0 Å². The summed E-state index contributed by atoms with van der Waals surface area (Å²) >= 11 is 0. The van der Waals surface area contributed by atoms with Gasteiger partial charge >= 0.3 is 5.97 Å². The maximum absolute atomic E-state index is 10.7. The third kappa shape index (κ3) is 1.56. The first-order chi connectivity index (χ1) is 5.11. The summed E-state index contributed by atoms with van der Waals surface area (Å²) in [5, 5.41) is 17.2. The van der Waals surface area contributed by atoms with Gasteiger partial charge in [-0.3, -0.25) is 14.5 Å². The number of aliphatic carboxylic acids is 1. The van der Waals surface area contributed by atoms with Crippen molar-refractivity contribution in [3.8, 4) is 0 Å². The van der Waals surface area contributed by atoms with E-state index >= 15 is 0 Å². The summed E-state index contributed by atoms with van der Waals surface area (Å²) in [7, 11) is 0. The topological polar surface area (TPSA) is 77.8 Å². The van der Waals surface area contributed by atoms with Gasteiger partial charge in [0.15, 0.2) is 0 Å². The summed E-state index contributed by atoms with van der Waals surface area (Å²) in [6, 6.07) is 0. The van der Waals surface area contributed by atoms with Crippen molar-refractivity contribution < 1.29 is 19.8 Å². The Hall–Kier alpha value is -1.36. The largest absolute Gasteiger partial charge is 0.480 e. The lowest BCUT2D eigenvalue weighted by Gasteiger charge is -2.17. The highest BCUT2D eigenvalue weighted by molar-refractivity contribution is 5.92. The van der Waals surface area contributed by atoms with E-state index in [4.69, 9.17) is 10.2 Å². The summed E-state index contributed by atoms with van der Waals surface area (Å²) < 4.78 is 0. The first-order valence-electron chi connectivity index (χ1n) is 3.00. The number of aliphatic hydroxyl groups excluding tert-OH is 1. The van der Waals surface area contributed by atoms with Crippen LogP contribution in [0.15, 0.2) is 12.2 Å². The zero-order valence-corrected chi connectivity index (χ0v) is 5.60. The fourth-order valence-electron chi connectivity index (χ4n) is 0.816. The van der Waals surface area contributed by atoms with Crippen molar-refractivity contribution >= 4 is 11.9 Å². The molecule has 5 heteroatoms. The van der Waals surface area contributed by atoms with Crippen LogP contribution < -0.4 is 0 Å². The number of rotatable bonds is 2. The van der Waals surface area contributed by atoms with Crippen LogP contribution in [0, 0.1) is 0 Å². The molecule has 0 bridgehead atoms. The van der Waals surface area contributed by atoms with Gasteiger partial charge < -0.3 is 10.2 Å². The molecule has 0 radical (unpaired) electrons. The molecule has 0 saturated heterocycles. The molecule has 1 aliphatic rings. The lowest BCUT2D eigenvalue weighted by Crippen LogP contribution is -2.37. The number of carbonyl (C=O) groups excluding carboxylic acids is 1. The molecule has 1 heterocycles. The second-order valence-electron chi connectivity index (χ2n) is 2.13. The summed E-state index contributed by atoms with van der Waals surface area (Å²) in [6.07, 6.45) is 1.30. The van der Waals surface area contributed by atoms with E-state index in [9.17, 15) is 9.59 Å². The Morgan fingerprint density at radius 1 is 1.73 bits per heavy atom. The minimum atomic E-state index is -1.14. The molecule has 60 valence electrons. The number of nitrogens with zero attached hydrogens (tertiary/aromatic N) is 1.